The van der Waals surface area contributed by atoms with E-state index < -0.39 is 0 Å². The second-order valence-corrected chi connectivity index (χ2v) is 5.29. The van der Waals surface area contributed by atoms with Crippen molar-refractivity contribution < 1.29 is 9.32 Å². The summed E-state index contributed by atoms with van der Waals surface area (Å²) in [5.74, 6) is 0.317. The molecule has 6 nitrogen and oxygen atoms in total. The lowest BCUT2D eigenvalue weighted by molar-refractivity contribution is 0.0942. The van der Waals surface area contributed by atoms with Crippen molar-refractivity contribution in [2.45, 2.75) is 39.7 Å². The minimum absolute atomic E-state index is 0.0157. The molecule has 0 radical (unpaired) electrons. The molecule has 6 heteroatoms. The Morgan fingerprint density at radius 1 is 1.61 bits per heavy atom. The molecule has 2 heterocycles. The minimum atomic E-state index is -0.291. The minimum Gasteiger partial charge on any atom is -0.349 e. The molecule has 1 fully saturated rings. The van der Waals surface area contributed by atoms with Crippen molar-refractivity contribution in [3.8, 4) is 0 Å². The predicted octanol–water partition coefficient (Wildman–Crippen LogP) is 1.27. The maximum atomic E-state index is 11.6. The predicted molar refractivity (Wildman–Crippen MR) is 66.1 cm³/mol. The summed E-state index contributed by atoms with van der Waals surface area (Å²) in [5, 5.41) is 9.77. The lowest BCUT2D eigenvalue weighted by Crippen LogP contribution is -2.40. The van der Waals surface area contributed by atoms with Crippen LogP contribution in [0.4, 0.5) is 0 Å². The molecule has 1 aromatic heterocycles. The summed E-state index contributed by atoms with van der Waals surface area (Å²) >= 11 is 0. The molecule has 1 amide bonds. The van der Waals surface area contributed by atoms with Crippen LogP contribution >= 0.6 is 0 Å². The first-order chi connectivity index (χ1) is 8.54. The molecular formula is C12H20N4O2. The van der Waals surface area contributed by atoms with Gasteiger partial charge in [0.1, 0.15) is 0 Å². The molecule has 2 N–H and O–H groups in total. The Hall–Kier alpha value is -1.43. The van der Waals surface area contributed by atoms with E-state index in [-0.39, 0.29) is 23.2 Å². The maximum absolute atomic E-state index is 11.6. The van der Waals surface area contributed by atoms with Crippen LogP contribution in [-0.2, 0) is 0 Å². The highest BCUT2D eigenvalue weighted by Gasteiger charge is 2.37. The van der Waals surface area contributed by atoms with Crippen LogP contribution in [0.3, 0.4) is 0 Å². The van der Waals surface area contributed by atoms with Crippen LogP contribution in [0.1, 0.15) is 56.2 Å². The third-order valence-corrected chi connectivity index (χ3v) is 3.36. The van der Waals surface area contributed by atoms with Gasteiger partial charge in [-0.05, 0) is 31.7 Å². The highest BCUT2D eigenvalue weighted by atomic mass is 16.5. The molecule has 1 aromatic rings. The maximum Gasteiger partial charge on any atom is 0.292 e. The number of rotatable bonds is 3. The van der Waals surface area contributed by atoms with Crippen LogP contribution in [0.25, 0.3) is 0 Å². The van der Waals surface area contributed by atoms with Crippen molar-refractivity contribution in [1.29, 1.82) is 0 Å². The number of amides is 1. The number of nitrogens with one attached hydrogen (secondary N) is 2. The third-order valence-electron chi connectivity index (χ3n) is 3.36. The second-order valence-electron chi connectivity index (χ2n) is 5.29. The van der Waals surface area contributed by atoms with Crippen LogP contribution in [0.2, 0.25) is 0 Å². The SMILES string of the molecule is CCNC(=O)c1noc(C2NCCCC2(C)C)n1. The van der Waals surface area contributed by atoms with Crippen molar-refractivity contribution in [3.63, 3.8) is 0 Å². The molecule has 2 rings (SSSR count). The highest BCUT2D eigenvalue weighted by Crippen LogP contribution is 2.39. The van der Waals surface area contributed by atoms with Crippen LogP contribution in [0.5, 0.6) is 0 Å². The molecule has 1 saturated heterocycles. The number of hydrogen-bond acceptors (Lipinski definition) is 5. The number of hydrogen-bond donors (Lipinski definition) is 2. The molecule has 0 spiro atoms. The zero-order valence-electron chi connectivity index (χ0n) is 11.1. The molecule has 1 aliphatic heterocycles. The van der Waals surface area contributed by atoms with Gasteiger partial charge in [0.25, 0.3) is 11.7 Å². The van der Waals surface area contributed by atoms with Crippen LogP contribution in [0, 0.1) is 5.41 Å². The molecular weight excluding hydrogens is 232 g/mol. The zero-order valence-corrected chi connectivity index (χ0v) is 11.1. The Bertz CT molecular complexity index is 427. The van der Waals surface area contributed by atoms with E-state index >= 15 is 0 Å². The first-order valence-electron chi connectivity index (χ1n) is 6.40. The lowest BCUT2D eigenvalue weighted by Gasteiger charge is -2.36. The molecule has 1 atom stereocenters. The van der Waals surface area contributed by atoms with E-state index in [9.17, 15) is 4.79 Å². The molecule has 0 bridgehead atoms. The normalized spacial score (nSPS) is 22.7. The summed E-state index contributed by atoms with van der Waals surface area (Å²) < 4.78 is 5.22. The fraction of sp³-hybridized carbons (Fsp3) is 0.750. The van der Waals surface area contributed by atoms with Gasteiger partial charge in [0.2, 0.25) is 5.89 Å². The fourth-order valence-electron chi connectivity index (χ4n) is 2.32. The van der Waals surface area contributed by atoms with Gasteiger partial charge < -0.3 is 15.2 Å². The van der Waals surface area contributed by atoms with Crippen LogP contribution in [0.15, 0.2) is 4.52 Å². The Morgan fingerprint density at radius 3 is 3.06 bits per heavy atom. The summed E-state index contributed by atoms with van der Waals surface area (Å²) in [5.41, 5.74) is 0.0588. The van der Waals surface area contributed by atoms with Gasteiger partial charge in [-0.1, -0.05) is 19.0 Å². The van der Waals surface area contributed by atoms with Gasteiger partial charge in [-0.3, -0.25) is 4.79 Å². The van der Waals surface area contributed by atoms with E-state index in [1.807, 2.05) is 6.92 Å². The Morgan fingerprint density at radius 2 is 2.39 bits per heavy atom. The number of carbonyl (C=O) groups is 1. The van der Waals surface area contributed by atoms with Crippen molar-refractivity contribution in [3.05, 3.63) is 11.7 Å². The first-order valence-corrected chi connectivity index (χ1v) is 6.40. The second kappa shape index (κ2) is 5.06. The van der Waals surface area contributed by atoms with Crippen molar-refractivity contribution in [2.24, 2.45) is 5.41 Å². The van der Waals surface area contributed by atoms with Gasteiger partial charge in [0, 0.05) is 6.54 Å². The summed E-state index contributed by atoms with van der Waals surface area (Å²) in [6, 6.07) is 0.0157. The molecule has 100 valence electrons. The van der Waals surface area contributed by atoms with E-state index in [4.69, 9.17) is 4.52 Å². The van der Waals surface area contributed by atoms with Gasteiger partial charge in [0.05, 0.1) is 6.04 Å². The average Bonchev–Trinajstić information content (AvgIpc) is 2.78. The van der Waals surface area contributed by atoms with E-state index in [0.717, 1.165) is 19.4 Å². The average molecular weight is 252 g/mol. The number of aromatic nitrogens is 2. The summed E-state index contributed by atoms with van der Waals surface area (Å²) in [7, 11) is 0. The first kappa shape index (κ1) is 13.0. The number of nitrogens with zero attached hydrogens (tertiary/aromatic N) is 2. The Kier molecular flexibility index (Phi) is 3.65. The number of piperidine rings is 1. The van der Waals surface area contributed by atoms with E-state index in [2.05, 4.69) is 34.6 Å². The molecule has 1 unspecified atom stereocenters. The molecule has 1 aliphatic rings. The summed E-state index contributed by atoms with van der Waals surface area (Å²) in [4.78, 5) is 15.8. The topological polar surface area (TPSA) is 80.0 Å². The Balaban J connectivity index is 2.16. The highest BCUT2D eigenvalue weighted by molar-refractivity contribution is 5.90. The van der Waals surface area contributed by atoms with E-state index in [1.54, 1.807) is 0 Å². The lowest BCUT2D eigenvalue weighted by atomic mass is 9.77. The molecule has 0 aliphatic carbocycles. The number of carbonyl (C=O) groups excluding carboxylic acids is 1. The Labute approximate surface area is 107 Å². The van der Waals surface area contributed by atoms with Gasteiger partial charge in [0.15, 0.2) is 0 Å². The summed E-state index contributed by atoms with van der Waals surface area (Å²) in [6.07, 6.45) is 2.24. The quantitative estimate of drug-likeness (QED) is 0.846. The van der Waals surface area contributed by atoms with Crippen LogP contribution in [-0.4, -0.2) is 29.1 Å². The van der Waals surface area contributed by atoms with E-state index in [0.29, 0.717) is 12.4 Å². The van der Waals surface area contributed by atoms with Crippen molar-refractivity contribution >= 4 is 5.91 Å². The van der Waals surface area contributed by atoms with E-state index in [1.165, 1.54) is 0 Å². The molecule has 0 saturated carbocycles. The molecule has 0 aromatic carbocycles. The summed E-state index contributed by atoms with van der Waals surface area (Å²) in [6.45, 7) is 7.67. The zero-order chi connectivity index (χ0) is 13.2. The largest absolute Gasteiger partial charge is 0.349 e. The fourth-order valence-corrected chi connectivity index (χ4v) is 2.32. The van der Waals surface area contributed by atoms with Gasteiger partial charge >= 0.3 is 0 Å². The standard InChI is InChI=1S/C12H20N4O2/c1-4-13-10(17)9-15-11(18-16-9)8-12(2,3)6-5-7-14-8/h8,14H,4-7H2,1-3H3,(H,13,17). The van der Waals surface area contributed by atoms with Crippen molar-refractivity contribution in [2.75, 3.05) is 13.1 Å². The molecule has 18 heavy (non-hydrogen) atoms. The van der Waals surface area contributed by atoms with Crippen molar-refractivity contribution in [1.82, 2.24) is 20.8 Å². The van der Waals surface area contributed by atoms with Gasteiger partial charge in [-0.2, -0.15) is 4.98 Å². The third kappa shape index (κ3) is 2.53. The van der Waals surface area contributed by atoms with Crippen LogP contribution < -0.4 is 10.6 Å². The smallest absolute Gasteiger partial charge is 0.292 e. The van der Waals surface area contributed by atoms with Gasteiger partial charge in [-0.25, -0.2) is 0 Å². The van der Waals surface area contributed by atoms with Gasteiger partial charge in [-0.15, -0.1) is 0 Å². The monoisotopic (exact) mass is 252 g/mol.